The molecule has 23 heavy (non-hydrogen) atoms. The monoisotopic (exact) mass is 344 g/mol. The zero-order valence-corrected chi connectivity index (χ0v) is 15.0. The second kappa shape index (κ2) is 8.26. The molecule has 7 heteroatoms. The van der Waals surface area contributed by atoms with Gasteiger partial charge in [-0.1, -0.05) is 6.92 Å². The fourth-order valence-corrected chi connectivity index (χ4v) is 2.56. The summed E-state index contributed by atoms with van der Waals surface area (Å²) in [7, 11) is 6.45. The van der Waals surface area contributed by atoms with Crippen LogP contribution in [0.1, 0.15) is 6.92 Å². The second-order valence-electron chi connectivity index (χ2n) is 5.49. The van der Waals surface area contributed by atoms with E-state index in [0.29, 0.717) is 23.2 Å². The molecule has 1 aliphatic rings. The summed E-state index contributed by atoms with van der Waals surface area (Å²) in [6, 6.07) is 3.57. The average molecular weight is 345 g/mol. The predicted octanol–water partition coefficient (Wildman–Crippen LogP) is 1.95. The Balaban J connectivity index is 0.00000264. The molecule has 1 heterocycles. The van der Waals surface area contributed by atoms with Crippen molar-refractivity contribution in [3.05, 3.63) is 12.1 Å². The van der Waals surface area contributed by atoms with E-state index in [4.69, 9.17) is 14.2 Å². The molecule has 1 saturated heterocycles. The summed E-state index contributed by atoms with van der Waals surface area (Å²) in [6.45, 7) is 3.77. The van der Waals surface area contributed by atoms with E-state index < -0.39 is 0 Å². The SMILES string of the molecule is COc1cc(N(C)C(=O)C(C)C2CNC2)cc(OC)c1OC.Cl. The van der Waals surface area contributed by atoms with Crippen molar-refractivity contribution < 1.29 is 19.0 Å². The number of nitrogens with zero attached hydrogens (tertiary/aromatic N) is 1. The quantitative estimate of drug-likeness (QED) is 0.854. The number of amides is 1. The highest BCUT2D eigenvalue weighted by molar-refractivity contribution is 5.95. The van der Waals surface area contributed by atoms with Crippen LogP contribution in [-0.2, 0) is 4.79 Å². The maximum atomic E-state index is 12.6. The van der Waals surface area contributed by atoms with E-state index in [2.05, 4.69) is 5.32 Å². The molecule has 0 spiro atoms. The van der Waals surface area contributed by atoms with Crippen molar-refractivity contribution in [2.75, 3.05) is 46.4 Å². The number of carbonyl (C=O) groups is 1. The van der Waals surface area contributed by atoms with Gasteiger partial charge in [0, 0.05) is 25.1 Å². The van der Waals surface area contributed by atoms with Crippen molar-refractivity contribution in [2.45, 2.75) is 6.92 Å². The van der Waals surface area contributed by atoms with E-state index in [0.717, 1.165) is 18.8 Å². The number of hydrogen-bond donors (Lipinski definition) is 1. The molecule has 1 unspecified atom stereocenters. The molecular formula is C16H25ClN2O4. The van der Waals surface area contributed by atoms with Crippen LogP contribution < -0.4 is 24.4 Å². The van der Waals surface area contributed by atoms with Crippen molar-refractivity contribution in [2.24, 2.45) is 11.8 Å². The summed E-state index contributed by atoms with van der Waals surface area (Å²) in [6.07, 6.45) is 0. The molecule has 1 aromatic carbocycles. The van der Waals surface area contributed by atoms with Gasteiger partial charge >= 0.3 is 0 Å². The zero-order valence-electron chi connectivity index (χ0n) is 14.2. The first-order chi connectivity index (χ1) is 10.5. The van der Waals surface area contributed by atoms with Crippen LogP contribution in [0.15, 0.2) is 12.1 Å². The maximum Gasteiger partial charge on any atom is 0.229 e. The number of anilines is 1. The lowest BCUT2D eigenvalue weighted by Crippen LogP contribution is -2.50. The third-order valence-electron chi connectivity index (χ3n) is 4.28. The molecule has 1 atom stereocenters. The van der Waals surface area contributed by atoms with Crippen LogP contribution in [0.5, 0.6) is 17.2 Å². The first-order valence-corrected chi connectivity index (χ1v) is 7.31. The van der Waals surface area contributed by atoms with Crippen molar-refractivity contribution >= 4 is 24.0 Å². The first-order valence-electron chi connectivity index (χ1n) is 7.31. The van der Waals surface area contributed by atoms with Gasteiger partial charge in [-0.2, -0.15) is 0 Å². The molecule has 0 bridgehead atoms. The Labute approximate surface area is 143 Å². The van der Waals surface area contributed by atoms with Crippen LogP contribution in [-0.4, -0.2) is 47.4 Å². The number of benzene rings is 1. The van der Waals surface area contributed by atoms with E-state index in [9.17, 15) is 4.79 Å². The van der Waals surface area contributed by atoms with Gasteiger partial charge in [-0.05, 0) is 19.0 Å². The van der Waals surface area contributed by atoms with Gasteiger partial charge in [-0.3, -0.25) is 4.79 Å². The Bertz CT molecular complexity index is 524. The second-order valence-corrected chi connectivity index (χ2v) is 5.49. The van der Waals surface area contributed by atoms with Gasteiger partial charge in [0.1, 0.15) is 0 Å². The molecule has 1 aromatic rings. The molecule has 0 saturated carbocycles. The largest absolute Gasteiger partial charge is 0.493 e. The van der Waals surface area contributed by atoms with Gasteiger partial charge in [-0.15, -0.1) is 12.4 Å². The molecule has 1 amide bonds. The van der Waals surface area contributed by atoms with Crippen molar-refractivity contribution in [1.29, 1.82) is 0 Å². The normalized spacial score (nSPS) is 15.0. The first kappa shape index (κ1) is 19.4. The predicted molar refractivity (Wildman–Crippen MR) is 92.3 cm³/mol. The van der Waals surface area contributed by atoms with Gasteiger partial charge in [0.2, 0.25) is 11.7 Å². The third kappa shape index (κ3) is 3.82. The minimum Gasteiger partial charge on any atom is -0.493 e. The molecule has 0 aromatic heterocycles. The molecule has 130 valence electrons. The van der Waals surface area contributed by atoms with E-state index in [1.165, 1.54) is 0 Å². The Hall–Kier alpha value is -1.66. The van der Waals surface area contributed by atoms with Crippen LogP contribution >= 0.6 is 12.4 Å². The van der Waals surface area contributed by atoms with Gasteiger partial charge in [-0.25, -0.2) is 0 Å². The smallest absolute Gasteiger partial charge is 0.229 e. The molecule has 6 nitrogen and oxygen atoms in total. The fourth-order valence-electron chi connectivity index (χ4n) is 2.56. The summed E-state index contributed by atoms with van der Waals surface area (Å²) in [5.74, 6) is 2.05. The van der Waals surface area contributed by atoms with Crippen LogP contribution in [0.2, 0.25) is 0 Å². The molecule has 1 N–H and O–H groups in total. The van der Waals surface area contributed by atoms with Crippen molar-refractivity contribution in [3.63, 3.8) is 0 Å². The summed E-state index contributed by atoms with van der Waals surface area (Å²) in [5.41, 5.74) is 0.721. The number of ether oxygens (including phenoxy) is 3. The highest BCUT2D eigenvalue weighted by atomic mass is 35.5. The molecular weight excluding hydrogens is 320 g/mol. The van der Waals surface area contributed by atoms with Crippen LogP contribution in [0.3, 0.4) is 0 Å². The minimum atomic E-state index is -0.0228. The molecule has 2 rings (SSSR count). The highest BCUT2D eigenvalue weighted by Crippen LogP contribution is 2.41. The van der Waals surface area contributed by atoms with Crippen LogP contribution in [0, 0.1) is 11.8 Å². The molecule has 1 aliphatic heterocycles. The van der Waals surface area contributed by atoms with Gasteiger partial charge in [0.15, 0.2) is 11.5 Å². The Morgan fingerprint density at radius 3 is 2.04 bits per heavy atom. The number of hydrogen-bond acceptors (Lipinski definition) is 5. The van der Waals surface area contributed by atoms with Crippen molar-refractivity contribution in [1.82, 2.24) is 5.32 Å². The number of nitrogens with one attached hydrogen (secondary N) is 1. The summed E-state index contributed by atoms with van der Waals surface area (Å²) >= 11 is 0. The molecule has 0 radical (unpaired) electrons. The van der Waals surface area contributed by atoms with E-state index in [1.54, 1.807) is 45.4 Å². The Morgan fingerprint density at radius 2 is 1.70 bits per heavy atom. The third-order valence-corrected chi connectivity index (χ3v) is 4.28. The summed E-state index contributed by atoms with van der Waals surface area (Å²) in [5, 5.41) is 3.20. The highest BCUT2D eigenvalue weighted by Gasteiger charge is 2.31. The van der Waals surface area contributed by atoms with E-state index in [-0.39, 0.29) is 24.2 Å². The Morgan fingerprint density at radius 1 is 1.17 bits per heavy atom. The van der Waals surface area contributed by atoms with Crippen LogP contribution in [0.25, 0.3) is 0 Å². The Kier molecular flexibility index (Phi) is 6.97. The molecule has 1 fully saturated rings. The van der Waals surface area contributed by atoms with Gasteiger partial charge in [0.25, 0.3) is 0 Å². The fraction of sp³-hybridized carbons (Fsp3) is 0.562. The van der Waals surface area contributed by atoms with Gasteiger partial charge < -0.3 is 24.4 Å². The zero-order chi connectivity index (χ0) is 16.3. The number of carbonyl (C=O) groups excluding carboxylic acids is 1. The van der Waals surface area contributed by atoms with Gasteiger partial charge in [0.05, 0.1) is 27.0 Å². The minimum absolute atomic E-state index is 0. The lowest BCUT2D eigenvalue weighted by atomic mass is 9.88. The summed E-state index contributed by atoms with van der Waals surface area (Å²) in [4.78, 5) is 14.3. The average Bonchev–Trinajstić information content (AvgIpc) is 2.49. The lowest BCUT2D eigenvalue weighted by molar-refractivity contribution is -0.123. The summed E-state index contributed by atoms with van der Waals surface area (Å²) < 4.78 is 16.0. The number of rotatable bonds is 6. The van der Waals surface area contributed by atoms with E-state index in [1.807, 2.05) is 6.92 Å². The lowest BCUT2D eigenvalue weighted by Gasteiger charge is -2.34. The standard InChI is InChI=1S/C16H24N2O4.ClH/c1-10(11-8-17-9-11)16(19)18(2)12-6-13(20-3)15(22-5)14(7-12)21-4;/h6-7,10-11,17H,8-9H2,1-5H3;1H. The topological polar surface area (TPSA) is 60.0 Å². The number of halogens is 1. The maximum absolute atomic E-state index is 12.6. The van der Waals surface area contributed by atoms with Crippen LogP contribution in [0.4, 0.5) is 5.69 Å². The molecule has 0 aliphatic carbocycles. The van der Waals surface area contributed by atoms with E-state index >= 15 is 0 Å². The van der Waals surface area contributed by atoms with Crippen molar-refractivity contribution in [3.8, 4) is 17.2 Å². The number of methoxy groups -OCH3 is 3.